The second kappa shape index (κ2) is 5.64. The largest absolute Gasteiger partial charge is 0.415 e. The first-order valence-electron chi connectivity index (χ1n) is 5.91. The van der Waals surface area contributed by atoms with Gasteiger partial charge in [-0.05, 0) is 31.2 Å². The summed E-state index contributed by atoms with van der Waals surface area (Å²) < 4.78 is 60.9. The van der Waals surface area contributed by atoms with Crippen LogP contribution in [0.15, 0.2) is 29.2 Å². The van der Waals surface area contributed by atoms with E-state index in [0.29, 0.717) is 6.92 Å². The average Bonchev–Trinajstić information content (AvgIpc) is 2.38. The Balaban J connectivity index is 2.94. The number of hydrogen-bond donors (Lipinski definition) is 2. The predicted molar refractivity (Wildman–Crippen MR) is 71.4 cm³/mol. The Morgan fingerprint density at radius 1 is 1.24 bits per heavy atom. The van der Waals surface area contributed by atoms with E-state index in [1.165, 1.54) is 31.2 Å². The van der Waals surface area contributed by atoms with E-state index in [9.17, 15) is 26.4 Å². The van der Waals surface area contributed by atoms with E-state index in [-0.39, 0.29) is 16.3 Å². The number of hydrogen-bond acceptors (Lipinski definition) is 4. The third-order valence-electron chi connectivity index (χ3n) is 2.91. The predicted octanol–water partition coefficient (Wildman–Crippen LogP) is 1.70. The average molecular weight is 324 g/mol. The fourth-order valence-corrected chi connectivity index (χ4v) is 2.19. The SMILES string of the molecule is CCS(=O)(=O)c1ccc(NC(=O)C(C)(N)C(F)(F)F)cc1. The molecule has 1 atom stereocenters. The van der Waals surface area contributed by atoms with Gasteiger partial charge in [-0.15, -0.1) is 0 Å². The van der Waals surface area contributed by atoms with Crippen LogP contribution >= 0.6 is 0 Å². The molecule has 0 aliphatic heterocycles. The van der Waals surface area contributed by atoms with Crippen molar-refractivity contribution in [3.63, 3.8) is 0 Å². The van der Waals surface area contributed by atoms with Gasteiger partial charge in [-0.3, -0.25) is 4.79 Å². The molecule has 118 valence electrons. The molecule has 0 saturated carbocycles. The Bertz CT molecular complexity index is 622. The third kappa shape index (κ3) is 3.73. The molecular formula is C12H15F3N2O3S. The van der Waals surface area contributed by atoms with Gasteiger partial charge in [0.05, 0.1) is 10.6 Å². The van der Waals surface area contributed by atoms with Crippen molar-refractivity contribution in [3.8, 4) is 0 Å². The first-order chi connectivity index (χ1) is 9.41. The van der Waals surface area contributed by atoms with Gasteiger partial charge in [-0.2, -0.15) is 13.2 Å². The summed E-state index contributed by atoms with van der Waals surface area (Å²) >= 11 is 0. The maximum atomic E-state index is 12.6. The molecule has 5 nitrogen and oxygen atoms in total. The molecule has 1 rings (SSSR count). The lowest BCUT2D eigenvalue weighted by atomic mass is 10.0. The summed E-state index contributed by atoms with van der Waals surface area (Å²) in [6.07, 6.45) is -4.90. The highest BCUT2D eigenvalue weighted by Gasteiger charge is 2.53. The number of anilines is 1. The normalized spacial score (nSPS) is 15.3. The van der Waals surface area contributed by atoms with Crippen LogP contribution in [0, 0.1) is 0 Å². The highest BCUT2D eigenvalue weighted by atomic mass is 32.2. The molecule has 3 N–H and O–H groups in total. The number of carbonyl (C=O) groups is 1. The van der Waals surface area contributed by atoms with Crippen LogP contribution in [0.5, 0.6) is 0 Å². The van der Waals surface area contributed by atoms with Gasteiger partial charge < -0.3 is 11.1 Å². The third-order valence-corrected chi connectivity index (χ3v) is 4.66. The molecule has 0 aliphatic carbocycles. The molecular weight excluding hydrogens is 309 g/mol. The fraction of sp³-hybridized carbons (Fsp3) is 0.417. The van der Waals surface area contributed by atoms with Gasteiger partial charge in [0.1, 0.15) is 0 Å². The van der Waals surface area contributed by atoms with Crippen LogP contribution in [0.1, 0.15) is 13.8 Å². The van der Waals surface area contributed by atoms with E-state index in [4.69, 9.17) is 5.73 Å². The molecule has 0 bridgehead atoms. The number of amides is 1. The summed E-state index contributed by atoms with van der Waals surface area (Å²) in [7, 11) is -3.41. The Labute approximate surface area is 120 Å². The first-order valence-corrected chi connectivity index (χ1v) is 7.57. The van der Waals surface area contributed by atoms with E-state index < -0.39 is 27.5 Å². The lowest BCUT2D eigenvalue weighted by Crippen LogP contribution is -2.59. The molecule has 1 amide bonds. The lowest BCUT2D eigenvalue weighted by Gasteiger charge is -2.26. The molecule has 0 radical (unpaired) electrons. The Hall–Kier alpha value is -1.61. The maximum absolute atomic E-state index is 12.6. The van der Waals surface area contributed by atoms with Crippen molar-refractivity contribution in [1.29, 1.82) is 0 Å². The zero-order chi connectivity index (χ0) is 16.5. The summed E-state index contributed by atoms with van der Waals surface area (Å²) in [6.45, 7) is 2.02. The Kier molecular flexibility index (Phi) is 4.69. The summed E-state index contributed by atoms with van der Waals surface area (Å²) in [5.74, 6) is -1.53. The number of alkyl halides is 3. The highest BCUT2D eigenvalue weighted by Crippen LogP contribution is 2.29. The topological polar surface area (TPSA) is 89.3 Å². The number of halogens is 3. The second-order valence-electron chi connectivity index (χ2n) is 4.58. The van der Waals surface area contributed by atoms with Crippen molar-refractivity contribution in [1.82, 2.24) is 0 Å². The van der Waals surface area contributed by atoms with Gasteiger partial charge >= 0.3 is 6.18 Å². The van der Waals surface area contributed by atoms with E-state index >= 15 is 0 Å². The van der Waals surface area contributed by atoms with Crippen LogP contribution in [-0.2, 0) is 14.6 Å². The lowest BCUT2D eigenvalue weighted by molar-refractivity contribution is -0.184. The van der Waals surface area contributed by atoms with Crippen molar-refractivity contribution < 1.29 is 26.4 Å². The van der Waals surface area contributed by atoms with Crippen LogP contribution in [0.4, 0.5) is 18.9 Å². The van der Waals surface area contributed by atoms with Crippen LogP contribution in [0.25, 0.3) is 0 Å². The molecule has 0 saturated heterocycles. The summed E-state index contributed by atoms with van der Waals surface area (Å²) in [5, 5.41) is 2.01. The highest BCUT2D eigenvalue weighted by molar-refractivity contribution is 7.91. The van der Waals surface area contributed by atoms with Gasteiger partial charge in [-0.25, -0.2) is 8.42 Å². The van der Waals surface area contributed by atoms with E-state index in [1.54, 1.807) is 0 Å². The molecule has 1 aromatic rings. The van der Waals surface area contributed by atoms with Crippen molar-refractivity contribution in [2.45, 2.75) is 30.5 Å². The van der Waals surface area contributed by atoms with Crippen molar-refractivity contribution in [2.75, 3.05) is 11.1 Å². The fourth-order valence-electron chi connectivity index (χ4n) is 1.30. The van der Waals surface area contributed by atoms with Crippen molar-refractivity contribution >= 4 is 21.4 Å². The van der Waals surface area contributed by atoms with Gasteiger partial charge in [0.25, 0.3) is 5.91 Å². The molecule has 0 spiro atoms. The molecule has 0 heterocycles. The number of nitrogens with two attached hydrogens (primary N) is 1. The van der Waals surface area contributed by atoms with Gasteiger partial charge in [0, 0.05) is 5.69 Å². The molecule has 0 aromatic heterocycles. The van der Waals surface area contributed by atoms with Gasteiger partial charge in [-0.1, -0.05) is 6.92 Å². The van der Waals surface area contributed by atoms with Crippen LogP contribution in [-0.4, -0.2) is 31.8 Å². The second-order valence-corrected chi connectivity index (χ2v) is 6.86. The molecule has 1 unspecified atom stereocenters. The van der Waals surface area contributed by atoms with E-state index in [2.05, 4.69) is 0 Å². The Morgan fingerprint density at radius 3 is 2.10 bits per heavy atom. The summed E-state index contributed by atoms with van der Waals surface area (Å²) in [5.41, 5.74) is 1.96. The summed E-state index contributed by atoms with van der Waals surface area (Å²) in [6, 6.07) is 4.81. The van der Waals surface area contributed by atoms with Crippen LogP contribution in [0.2, 0.25) is 0 Å². The van der Waals surface area contributed by atoms with Crippen molar-refractivity contribution in [3.05, 3.63) is 24.3 Å². The minimum atomic E-state index is -4.90. The molecule has 21 heavy (non-hydrogen) atoms. The smallest absolute Gasteiger partial charge is 0.324 e. The minimum Gasteiger partial charge on any atom is -0.324 e. The van der Waals surface area contributed by atoms with Crippen LogP contribution < -0.4 is 11.1 Å². The maximum Gasteiger partial charge on any atom is 0.415 e. The molecule has 0 aliphatic rings. The van der Waals surface area contributed by atoms with Gasteiger partial charge in [0.15, 0.2) is 15.4 Å². The minimum absolute atomic E-state index is 0.0225. The molecule has 1 aromatic carbocycles. The van der Waals surface area contributed by atoms with Crippen molar-refractivity contribution in [2.24, 2.45) is 5.73 Å². The molecule has 9 heteroatoms. The first kappa shape index (κ1) is 17.4. The Morgan fingerprint density at radius 2 is 1.71 bits per heavy atom. The number of sulfone groups is 1. The van der Waals surface area contributed by atoms with Gasteiger partial charge in [0.2, 0.25) is 0 Å². The van der Waals surface area contributed by atoms with E-state index in [1.807, 2.05) is 5.32 Å². The zero-order valence-corrected chi connectivity index (χ0v) is 12.2. The molecule has 0 fully saturated rings. The number of benzene rings is 1. The monoisotopic (exact) mass is 324 g/mol. The quantitative estimate of drug-likeness (QED) is 0.882. The standard InChI is InChI=1S/C12H15F3N2O3S/c1-3-21(19,20)9-6-4-8(5-7-9)17-10(18)11(2,16)12(13,14)15/h4-7H,3,16H2,1-2H3,(H,17,18). The van der Waals surface area contributed by atoms with E-state index in [0.717, 1.165) is 0 Å². The number of rotatable bonds is 4. The van der Waals surface area contributed by atoms with Crippen LogP contribution in [0.3, 0.4) is 0 Å². The zero-order valence-electron chi connectivity index (χ0n) is 11.4. The number of nitrogens with one attached hydrogen (secondary N) is 1. The number of carbonyl (C=O) groups excluding carboxylic acids is 1. The summed E-state index contributed by atoms with van der Waals surface area (Å²) in [4.78, 5) is 11.6.